The van der Waals surface area contributed by atoms with Crippen molar-refractivity contribution >= 4 is 59.5 Å². The summed E-state index contributed by atoms with van der Waals surface area (Å²) in [6.07, 6.45) is 12.5. The maximum absolute atomic E-state index is 13.0. The van der Waals surface area contributed by atoms with Gasteiger partial charge in [0.1, 0.15) is 5.75 Å². The number of carbonyl (C=O) groups excluding carboxylic acids is 1. The zero-order chi connectivity index (χ0) is 28.2. The first kappa shape index (κ1) is 32.9. The Hall–Kier alpha value is -3.02. The molecule has 0 unspecified atom stereocenters. The molecule has 5 N–H and O–H groups in total. The quantitative estimate of drug-likeness (QED) is 0.238. The Kier molecular flexibility index (Phi) is 11.6. The molecule has 0 radical (unpaired) electrons. The Morgan fingerprint density at radius 3 is 2.37 bits per heavy atom. The van der Waals surface area contributed by atoms with Gasteiger partial charge in [-0.25, -0.2) is 9.78 Å². The van der Waals surface area contributed by atoms with Gasteiger partial charge in [-0.05, 0) is 70.4 Å². The van der Waals surface area contributed by atoms with Crippen molar-refractivity contribution < 1.29 is 9.53 Å². The second-order valence-corrected chi connectivity index (χ2v) is 11.7. The molecule has 3 aromatic rings. The maximum Gasteiger partial charge on any atom is 0.321 e. The van der Waals surface area contributed by atoms with E-state index in [-0.39, 0.29) is 36.9 Å². The molecule has 236 valence electrons. The molecule has 2 amide bonds. The van der Waals surface area contributed by atoms with Crippen LogP contribution < -0.4 is 26.4 Å². The summed E-state index contributed by atoms with van der Waals surface area (Å²) in [4.78, 5) is 29.6. The number of ether oxygens (including phenoxy) is 1. The molecule has 1 aromatic carbocycles. The predicted molar refractivity (Wildman–Crippen MR) is 176 cm³/mol. The molecule has 1 saturated heterocycles. The summed E-state index contributed by atoms with van der Waals surface area (Å²) < 4.78 is 7.92. The van der Waals surface area contributed by atoms with Crippen LogP contribution in [0.15, 0.2) is 30.6 Å². The third-order valence-corrected chi connectivity index (χ3v) is 8.80. The zero-order valence-electron chi connectivity index (χ0n) is 24.8. The van der Waals surface area contributed by atoms with Crippen LogP contribution in [-0.4, -0.2) is 68.3 Å². The van der Waals surface area contributed by atoms with Crippen molar-refractivity contribution in [1.82, 2.24) is 24.4 Å². The number of amides is 2. The SMILES string of the molecule is CCOc1ccccc1NC(=O)N1CCC(Nc2nc(NC3CCC(N)CC3)nc3c2ncn3C2CCCC2)CC1.Cl.Cl. The first-order valence-corrected chi connectivity index (χ1v) is 15.4. The molecule has 2 saturated carbocycles. The fourth-order valence-corrected chi connectivity index (χ4v) is 6.44. The van der Waals surface area contributed by atoms with E-state index in [1.54, 1.807) is 0 Å². The summed E-state index contributed by atoms with van der Waals surface area (Å²) in [7, 11) is 0. The van der Waals surface area contributed by atoms with Gasteiger partial charge in [0.05, 0.1) is 18.6 Å². The van der Waals surface area contributed by atoms with E-state index in [0.29, 0.717) is 55.2 Å². The third kappa shape index (κ3) is 7.74. The molecule has 0 bridgehead atoms. The van der Waals surface area contributed by atoms with Gasteiger partial charge in [-0.3, -0.25) is 0 Å². The Bertz CT molecular complexity index is 1330. The van der Waals surface area contributed by atoms with Crippen molar-refractivity contribution in [2.24, 2.45) is 5.73 Å². The number of aromatic nitrogens is 4. The molecule has 3 heterocycles. The number of benzene rings is 1. The lowest BCUT2D eigenvalue weighted by Gasteiger charge is -2.33. The van der Waals surface area contributed by atoms with E-state index in [9.17, 15) is 4.79 Å². The van der Waals surface area contributed by atoms with E-state index in [4.69, 9.17) is 25.4 Å². The van der Waals surface area contributed by atoms with Crippen molar-refractivity contribution in [3.63, 3.8) is 0 Å². The van der Waals surface area contributed by atoms with Crippen LogP contribution in [0.5, 0.6) is 5.75 Å². The van der Waals surface area contributed by atoms with Crippen molar-refractivity contribution in [2.75, 3.05) is 35.6 Å². The summed E-state index contributed by atoms with van der Waals surface area (Å²) in [6, 6.07) is 8.70. The number of fused-ring (bicyclic) bond motifs is 1. The minimum Gasteiger partial charge on any atom is -0.492 e. The lowest BCUT2D eigenvalue weighted by atomic mass is 9.92. The van der Waals surface area contributed by atoms with E-state index in [1.807, 2.05) is 42.4 Å². The number of hydrogen-bond acceptors (Lipinski definition) is 8. The van der Waals surface area contributed by atoms with Gasteiger partial charge in [0, 0.05) is 37.3 Å². The molecule has 3 aliphatic rings. The van der Waals surface area contributed by atoms with Crippen molar-refractivity contribution in [3.8, 4) is 5.75 Å². The molecule has 2 aromatic heterocycles. The first-order chi connectivity index (χ1) is 20.1. The third-order valence-electron chi connectivity index (χ3n) is 8.80. The Morgan fingerprint density at radius 2 is 1.65 bits per heavy atom. The normalized spacial score (nSPS) is 21.1. The molecule has 6 rings (SSSR count). The molecule has 3 fully saturated rings. The van der Waals surface area contributed by atoms with Crippen LogP contribution in [-0.2, 0) is 0 Å². The number of likely N-dealkylation sites (tertiary alicyclic amines) is 1. The van der Waals surface area contributed by atoms with Gasteiger partial charge < -0.3 is 35.9 Å². The fraction of sp³-hybridized carbons (Fsp3) is 0.600. The van der Waals surface area contributed by atoms with E-state index >= 15 is 0 Å². The van der Waals surface area contributed by atoms with Crippen LogP contribution >= 0.6 is 24.8 Å². The standard InChI is InChI=1S/C30H43N9O2.2ClH/c1-2-41-25-10-6-5-9-24(25)35-30(40)38-17-15-22(16-18-38)33-27-26-28(39(19-32-26)23-7-3-4-8-23)37-29(36-27)34-21-13-11-20(31)12-14-21;;/h5-6,9-10,19-23H,2-4,7-8,11-18,31H2,1H3,(H,35,40)(H2,33,34,36,37);2*1H. The van der Waals surface area contributed by atoms with Crippen molar-refractivity contribution in [1.29, 1.82) is 0 Å². The van der Waals surface area contributed by atoms with Crippen LogP contribution in [0.3, 0.4) is 0 Å². The largest absolute Gasteiger partial charge is 0.492 e. The van der Waals surface area contributed by atoms with E-state index in [2.05, 4.69) is 20.5 Å². The van der Waals surface area contributed by atoms with Crippen LogP contribution in [0.4, 0.5) is 22.2 Å². The second-order valence-electron chi connectivity index (χ2n) is 11.7. The predicted octanol–water partition coefficient (Wildman–Crippen LogP) is 5.97. The number of rotatable bonds is 8. The van der Waals surface area contributed by atoms with E-state index in [1.165, 1.54) is 12.8 Å². The molecular formula is C30H45Cl2N9O2. The number of carbonyl (C=O) groups is 1. The molecule has 2 aliphatic carbocycles. The van der Waals surface area contributed by atoms with Gasteiger partial charge >= 0.3 is 6.03 Å². The van der Waals surface area contributed by atoms with Crippen LogP contribution in [0, 0.1) is 0 Å². The molecule has 13 heteroatoms. The topological polar surface area (TPSA) is 135 Å². The molecule has 0 spiro atoms. The number of urea groups is 1. The van der Waals surface area contributed by atoms with Gasteiger partial charge in [0.2, 0.25) is 5.95 Å². The summed E-state index contributed by atoms with van der Waals surface area (Å²) >= 11 is 0. The number of halogens is 2. The maximum atomic E-state index is 13.0. The lowest BCUT2D eigenvalue weighted by molar-refractivity contribution is 0.197. The second kappa shape index (κ2) is 15.1. The molecule has 43 heavy (non-hydrogen) atoms. The van der Waals surface area contributed by atoms with Gasteiger partial charge in [-0.1, -0.05) is 25.0 Å². The Morgan fingerprint density at radius 1 is 0.953 bits per heavy atom. The number of para-hydroxylation sites is 2. The van der Waals surface area contributed by atoms with Crippen LogP contribution in [0.1, 0.15) is 77.2 Å². The van der Waals surface area contributed by atoms with Gasteiger partial charge in [-0.15, -0.1) is 24.8 Å². The van der Waals surface area contributed by atoms with Gasteiger partial charge in [0.15, 0.2) is 17.0 Å². The molecule has 11 nitrogen and oxygen atoms in total. The average Bonchev–Trinajstić information content (AvgIpc) is 3.66. The number of nitrogens with zero attached hydrogens (tertiary/aromatic N) is 5. The summed E-state index contributed by atoms with van der Waals surface area (Å²) in [5.74, 6) is 2.12. The number of nitrogens with two attached hydrogens (primary N) is 1. The lowest BCUT2D eigenvalue weighted by Crippen LogP contribution is -2.44. The number of piperidine rings is 1. The molecule has 0 atom stereocenters. The first-order valence-electron chi connectivity index (χ1n) is 15.4. The fourth-order valence-electron chi connectivity index (χ4n) is 6.44. The van der Waals surface area contributed by atoms with E-state index in [0.717, 1.165) is 68.3 Å². The summed E-state index contributed by atoms with van der Waals surface area (Å²) in [5.41, 5.74) is 8.55. The Labute approximate surface area is 265 Å². The van der Waals surface area contributed by atoms with Crippen molar-refractivity contribution in [3.05, 3.63) is 30.6 Å². The highest BCUT2D eigenvalue weighted by Gasteiger charge is 2.27. The van der Waals surface area contributed by atoms with Crippen LogP contribution in [0.2, 0.25) is 0 Å². The van der Waals surface area contributed by atoms with Gasteiger partial charge in [-0.2, -0.15) is 9.97 Å². The number of nitrogens with one attached hydrogen (secondary N) is 3. The number of imidazole rings is 1. The highest BCUT2D eigenvalue weighted by molar-refractivity contribution is 5.91. The van der Waals surface area contributed by atoms with Crippen molar-refractivity contribution in [2.45, 2.75) is 95.3 Å². The average molecular weight is 635 g/mol. The Balaban J connectivity index is 0.00000212. The molecule has 1 aliphatic heterocycles. The number of anilines is 3. The summed E-state index contributed by atoms with van der Waals surface area (Å²) in [6.45, 7) is 3.79. The highest BCUT2D eigenvalue weighted by atomic mass is 35.5. The molecular weight excluding hydrogens is 589 g/mol. The zero-order valence-corrected chi connectivity index (χ0v) is 26.5. The minimum absolute atomic E-state index is 0. The highest BCUT2D eigenvalue weighted by Crippen LogP contribution is 2.34. The van der Waals surface area contributed by atoms with Crippen LogP contribution in [0.25, 0.3) is 11.2 Å². The summed E-state index contributed by atoms with van der Waals surface area (Å²) in [5, 5.41) is 10.3. The monoisotopic (exact) mass is 633 g/mol. The van der Waals surface area contributed by atoms with Gasteiger partial charge in [0.25, 0.3) is 0 Å². The number of hydrogen-bond donors (Lipinski definition) is 4. The minimum atomic E-state index is -0.103. The smallest absolute Gasteiger partial charge is 0.321 e. The van der Waals surface area contributed by atoms with E-state index < -0.39 is 0 Å².